The molecular formula is C21H26N4O3. The number of carbonyl (C=O) groups is 2. The Hall–Kier alpha value is -2.67. The Kier molecular flexibility index (Phi) is 5.17. The van der Waals surface area contributed by atoms with Crippen LogP contribution in [0, 0.1) is 0 Å². The van der Waals surface area contributed by atoms with Crippen molar-refractivity contribution in [2.24, 2.45) is 0 Å². The summed E-state index contributed by atoms with van der Waals surface area (Å²) >= 11 is 0. The van der Waals surface area contributed by atoms with E-state index in [-0.39, 0.29) is 11.5 Å². The highest BCUT2D eigenvalue weighted by Crippen LogP contribution is 2.24. The van der Waals surface area contributed by atoms with Gasteiger partial charge in [0.05, 0.1) is 30.0 Å². The molecule has 7 heteroatoms. The minimum Gasteiger partial charge on any atom is -0.478 e. The fourth-order valence-corrected chi connectivity index (χ4v) is 4.11. The van der Waals surface area contributed by atoms with E-state index in [0.29, 0.717) is 37.9 Å². The Morgan fingerprint density at radius 3 is 2.93 bits per heavy atom. The molecule has 1 aromatic heterocycles. The highest BCUT2D eigenvalue weighted by Gasteiger charge is 2.27. The normalized spacial score (nSPS) is 20.0. The molecule has 0 radical (unpaired) electrons. The lowest BCUT2D eigenvalue weighted by Crippen LogP contribution is -2.47. The van der Waals surface area contributed by atoms with E-state index >= 15 is 0 Å². The average molecular weight is 382 g/mol. The molecule has 1 aromatic carbocycles. The van der Waals surface area contributed by atoms with E-state index < -0.39 is 5.97 Å². The van der Waals surface area contributed by atoms with E-state index in [2.05, 4.69) is 21.8 Å². The minimum absolute atomic E-state index is 0.170. The molecule has 0 spiro atoms. The van der Waals surface area contributed by atoms with Gasteiger partial charge in [0.2, 0.25) is 5.91 Å². The van der Waals surface area contributed by atoms with E-state index in [1.807, 2.05) is 11.0 Å². The predicted octanol–water partition coefficient (Wildman–Crippen LogP) is 2.53. The van der Waals surface area contributed by atoms with Gasteiger partial charge in [-0.2, -0.15) is 0 Å². The van der Waals surface area contributed by atoms with E-state index in [1.165, 1.54) is 12.8 Å². The zero-order chi connectivity index (χ0) is 19.7. The summed E-state index contributed by atoms with van der Waals surface area (Å²) in [6.45, 7) is 4.89. The van der Waals surface area contributed by atoms with Gasteiger partial charge in [0, 0.05) is 24.6 Å². The van der Waals surface area contributed by atoms with Crippen molar-refractivity contribution in [2.75, 3.05) is 19.6 Å². The van der Waals surface area contributed by atoms with Gasteiger partial charge in [-0.1, -0.05) is 18.6 Å². The number of amides is 1. The first-order chi connectivity index (χ1) is 13.5. The summed E-state index contributed by atoms with van der Waals surface area (Å²) < 4.78 is 0. The smallest absolute Gasteiger partial charge is 0.335 e. The second-order valence-electron chi connectivity index (χ2n) is 7.78. The molecule has 2 aliphatic rings. The SMILES string of the molecule is C[C@H]1CCCCN1CC(=O)N1CCc2nc(-c3cccc(C(=O)O)c3)[nH]c2C1. The molecular weight excluding hydrogens is 356 g/mol. The van der Waals surface area contributed by atoms with Crippen molar-refractivity contribution < 1.29 is 14.7 Å². The molecule has 1 amide bonds. The maximum atomic E-state index is 12.8. The van der Waals surface area contributed by atoms with Gasteiger partial charge in [-0.15, -0.1) is 0 Å². The Labute approximate surface area is 164 Å². The number of nitrogens with zero attached hydrogens (tertiary/aromatic N) is 3. The van der Waals surface area contributed by atoms with E-state index in [9.17, 15) is 14.7 Å². The lowest BCUT2D eigenvalue weighted by molar-refractivity contribution is -0.134. The van der Waals surface area contributed by atoms with Crippen LogP contribution < -0.4 is 0 Å². The molecule has 0 aliphatic carbocycles. The van der Waals surface area contributed by atoms with E-state index in [4.69, 9.17) is 0 Å². The van der Waals surface area contributed by atoms with E-state index in [1.54, 1.807) is 18.2 Å². The maximum absolute atomic E-state index is 12.8. The minimum atomic E-state index is -0.957. The number of imidazole rings is 1. The molecule has 1 fully saturated rings. The van der Waals surface area contributed by atoms with Crippen molar-refractivity contribution in [3.05, 3.63) is 41.2 Å². The Morgan fingerprint density at radius 1 is 1.29 bits per heavy atom. The second kappa shape index (κ2) is 7.75. The quantitative estimate of drug-likeness (QED) is 0.848. The Bertz CT molecular complexity index is 892. The number of piperidine rings is 1. The largest absolute Gasteiger partial charge is 0.478 e. The van der Waals surface area contributed by atoms with Crippen LogP contribution in [0.2, 0.25) is 0 Å². The van der Waals surface area contributed by atoms with Gasteiger partial charge >= 0.3 is 5.97 Å². The molecule has 2 aromatic rings. The van der Waals surface area contributed by atoms with E-state index in [0.717, 1.165) is 29.9 Å². The zero-order valence-electron chi connectivity index (χ0n) is 16.1. The first-order valence-electron chi connectivity index (χ1n) is 9.94. The molecule has 2 aliphatic heterocycles. The number of rotatable bonds is 4. The number of fused-ring (bicyclic) bond motifs is 1. The number of aromatic amines is 1. The van der Waals surface area contributed by atoms with Crippen LogP contribution in [-0.4, -0.2) is 62.4 Å². The molecule has 7 nitrogen and oxygen atoms in total. The third-order valence-corrected chi connectivity index (χ3v) is 5.85. The van der Waals surface area contributed by atoms with Gasteiger partial charge < -0.3 is 15.0 Å². The number of hydrogen-bond acceptors (Lipinski definition) is 4. The average Bonchev–Trinajstić information content (AvgIpc) is 3.13. The van der Waals surface area contributed by atoms with Gasteiger partial charge in [-0.3, -0.25) is 9.69 Å². The number of likely N-dealkylation sites (tertiary alicyclic amines) is 1. The summed E-state index contributed by atoms with van der Waals surface area (Å²) in [6.07, 6.45) is 4.29. The van der Waals surface area contributed by atoms with Crippen molar-refractivity contribution in [1.82, 2.24) is 19.8 Å². The first kappa shape index (κ1) is 18.7. The number of carbonyl (C=O) groups excluding carboxylic acids is 1. The summed E-state index contributed by atoms with van der Waals surface area (Å²) in [5.41, 5.74) is 2.89. The van der Waals surface area contributed by atoms with Gasteiger partial charge in [-0.25, -0.2) is 9.78 Å². The van der Waals surface area contributed by atoms with Crippen molar-refractivity contribution in [3.63, 3.8) is 0 Å². The molecule has 148 valence electrons. The Balaban J connectivity index is 1.46. The van der Waals surface area contributed by atoms with Crippen LogP contribution >= 0.6 is 0 Å². The third kappa shape index (κ3) is 3.80. The zero-order valence-corrected chi connectivity index (χ0v) is 16.1. The molecule has 3 heterocycles. The molecule has 2 N–H and O–H groups in total. The van der Waals surface area contributed by atoms with Gasteiger partial charge in [-0.05, 0) is 38.4 Å². The monoisotopic (exact) mass is 382 g/mol. The summed E-state index contributed by atoms with van der Waals surface area (Å²) in [6, 6.07) is 7.22. The van der Waals surface area contributed by atoms with Crippen LogP contribution in [0.5, 0.6) is 0 Å². The number of carboxylic acids is 1. The summed E-state index contributed by atoms with van der Waals surface area (Å²) in [7, 11) is 0. The van der Waals surface area contributed by atoms with Gasteiger partial charge in [0.1, 0.15) is 5.82 Å². The first-order valence-corrected chi connectivity index (χ1v) is 9.94. The van der Waals surface area contributed by atoms with Crippen LogP contribution in [0.15, 0.2) is 24.3 Å². The summed E-state index contributed by atoms with van der Waals surface area (Å²) in [4.78, 5) is 36.1. The number of aromatic carboxylic acids is 1. The highest BCUT2D eigenvalue weighted by molar-refractivity contribution is 5.89. The lowest BCUT2D eigenvalue weighted by Gasteiger charge is -2.35. The summed E-state index contributed by atoms with van der Waals surface area (Å²) in [5, 5.41) is 9.19. The second-order valence-corrected chi connectivity index (χ2v) is 7.78. The fourth-order valence-electron chi connectivity index (χ4n) is 4.11. The topological polar surface area (TPSA) is 89.5 Å². The number of H-pyrrole nitrogens is 1. The van der Waals surface area contributed by atoms with Crippen LogP contribution in [0.4, 0.5) is 0 Å². The molecule has 28 heavy (non-hydrogen) atoms. The predicted molar refractivity (Wildman–Crippen MR) is 105 cm³/mol. The fraction of sp³-hybridized carbons (Fsp3) is 0.476. The molecule has 0 unspecified atom stereocenters. The third-order valence-electron chi connectivity index (χ3n) is 5.85. The number of hydrogen-bond donors (Lipinski definition) is 2. The number of nitrogens with one attached hydrogen (secondary N) is 1. The van der Waals surface area contributed by atoms with Crippen molar-refractivity contribution >= 4 is 11.9 Å². The van der Waals surface area contributed by atoms with Crippen molar-refractivity contribution in [2.45, 2.75) is 45.2 Å². The number of benzene rings is 1. The molecule has 1 saturated heterocycles. The molecule has 1 atom stereocenters. The van der Waals surface area contributed by atoms with Crippen LogP contribution in [0.3, 0.4) is 0 Å². The van der Waals surface area contributed by atoms with Gasteiger partial charge in [0.25, 0.3) is 0 Å². The Morgan fingerprint density at radius 2 is 2.14 bits per heavy atom. The highest BCUT2D eigenvalue weighted by atomic mass is 16.4. The van der Waals surface area contributed by atoms with Gasteiger partial charge in [0.15, 0.2) is 0 Å². The van der Waals surface area contributed by atoms with Crippen molar-refractivity contribution in [1.29, 1.82) is 0 Å². The molecule has 0 saturated carbocycles. The standard InChI is InChI=1S/C21H26N4O3/c1-14-5-2-3-9-24(14)13-19(26)25-10-8-17-18(12-25)23-20(22-17)15-6-4-7-16(11-15)21(27)28/h4,6-7,11,14H,2-3,5,8-10,12-13H2,1H3,(H,22,23)(H,27,28)/t14-/m0/s1. The van der Waals surface area contributed by atoms with Crippen LogP contribution in [0.25, 0.3) is 11.4 Å². The molecule has 0 bridgehead atoms. The number of aromatic nitrogens is 2. The van der Waals surface area contributed by atoms with Crippen molar-refractivity contribution in [3.8, 4) is 11.4 Å². The lowest BCUT2D eigenvalue weighted by atomic mass is 10.0. The molecule has 4 rings (SSSR count). The number of carboxylic acid groups (broad SMARTS) is 1. The van der Waals surface area contributed by atoms with Crippen LogP contribution in [-0.2, 0) is 17.8 Å². The summed E-state index contributed by atoms with van der Waals surface area (Å²) in [5.74, 6) is -0.127. The maximum Gasteiger partial charge on any atom is 0.335 e. The van der Waals surface area contributed by atoms with Crippen LogP contribution in [0.1, 0.15) is 47.9 Å².